The number of imidazole rings is 1. The van der Waals surface area contributed by atoms with Gasteiger partial charge in [0.2, 0.25) is 5.91 Å². The van der Waals surface area contributed by atoms with Gasteiger partial charge in [0.15, 0.2) is 0 Å². The van der Waals surface area contributed by atoms with Crippen molar-refractivity contribution in [1.29, 1.82) is 0 Å². The molecule has 118 valence electrons. The van der Waals surface area contributed by atoms with Crippen LogP contribution in [0.25, 0.3) is 11.0 Å². The fourth-order valence-electron chi connectivity index (χ4n) is 3.09. The van der Waals surface area contributed by atoms with E-state index in [1.807, 2.05) is 18.2 Å². The quantitative estimate of drug-likeness (QED) is 0.793. The van der Waals surface area contributed by atoms with Gasteiger partial charge >= 0.3 is 0 Å². The van der Waals surface area contributed by atoms with Gasteiger partial charge < -0.3 is 16.0 Å². The van der Waals surface area contributed by atoms with Crippen molar-refractivity contribution < 1.29 is 4.79 Å². The first-order chi connectivity index (χ1) is 10.6. The van der Waals surface area contributed by atoms with E-state index in [0.29, 0.717) is 0 Å². The predicted octanol–water partition coefficient (Wildman–Crippen LogP) is 3.12. The number of nitrogens with two attached hydrogens (primary N) is 1. The average Bonchev–Trinajstić information content (AvgIpc) is 3.11. The summed E-state index contributed by atoms with van der Waals surface area (Å²) in [5, 5.41) is 2.96. The van der Waals surface area contributed by atoms with Crippen molar-refractivity contribution in [3.05, 3.63) is 24.0 Å². The molecule has 1 fully saturated rings. The van der Waals surface area contributed by atoms with Crippen LogP contribution in [0, 0.1) is 0 Å². The Morgan fingerprint density at radius 3 is 2.91 bits per heavy atom. The van der Waals surface area contributed by atoms with Gasteiger partial charge in [-0.25, -0.2) is 4.98 Å². The summed E-state index contributed by atoms with van der Waals surface area (Å²) in [6.07, 6.45) is 6.84. The highest BCUT2D eigenvalue weighted by atomic mass is 16.2. The second-order valence-corrected chi connectivity index (χ2v) is 6.34. The summed E-state index contributed by atoms with van der Waals surface area (Å²) in [5.41, 5.74) is 8.17. The molecule has 1 aromatic carbocycles. The van der Waals surface area contributed by atoms with Crippen molar-refractivity contribution in [2.45, 2.75) is 57.4 Å². The minimum atomic E-state index is -0.699. The van der Waals surface area contributed by atoms with Crippen molar-refractivity contribution in [3.8, 4) is 0 Å². The lowest BCUT2D eigenvalue weighted by Gasteiger charge is -2.22. The zero-order chi connectivity index (χ0) is 15.6. The molecule has 1 heterocycles. The number of amides is 1. The minimum Gasteiger partial charge on any atom is -0.342 e. The maximum absolute atomic E-state index is 12.4. The van der Waals surface area contributed by atoms with Crippen LogP contribution in [0.4, 0.5) is 5.69 Å². The van der Waals surface area contributed by atoms with Crippen molar-refractivity contribution in [3.63, 3.8) is 0 Å². The molecule has 1 amide bonds. The molecule has 5 heteroatoms. The highest BCUT2D eigenvalue weighted by Gasteiger charge is 2.36. The molecule has 1 aliphatic rings. The Labute approximate surface area is 130 Å². The molecule has 0 saturated heterocycles. The van der Waals surface area contributed by atoms with E-state index in [-0.39, 0.29) is 5.91 Å². The van der Waals surface area contributed by atoms with Gasteiger partial charge in [-0.15, -0.1) is 0 Å². The number of nitrogens with one attached hydrogen (secondary N) is 2. The van der Waals surface area contributed by atoms with Gasteiger partial charge in [0, 0.05) is 12.1 Å². The second-order valence-electron chi connectivity index (χ2n) is 6.34. The van der Waals surface area contributed by atoms with Gasteiger partial charge in [0.1, 0.15) is 5.82 Å². The molecule has 2 aromatic rings. The van der Waals surface area contributed by atoms with Gasteiger partial charge in [-0.2, -0.15) is 0 Å². The third-order valence-corrected chi connectivity index (χ3v) is 4.50. The largest absolute Gasteiger partial charge is 0.342 e. The van der Waals surface area contributed by atoms with Gasteiger partial charge in [-0.3, -0.25) is 4.79 Å². The van der Waals surface area contributed by atoms with Crippen molar-refractivity contribution in [2.24, 2.45) is 5.73 Å². The molecule has 4 N–H and O–H groups in total. The number of hydrogen-bond donors (Lipinski definition) is 3. The van der Waals surface area contributed by atoms with E-state index in [1.54, 1.807) is 0 Å². The Hall–Kier alpha value is -1.88. The van der Waals surface area contributed by atoms with Gasteiger partial charge in [0.05, 0.1) is 16.6 Å². The molecular weight excluding hydrogens is 276 g/mol. The summed E-state index contributed by atoms with van der Waals surface area (Å²) >= 11 is 0. The summed E-state index contributed by atoms with van der Waals surface area (Å²) in [6, 6.07) is 5.77. The molecule has 1 saturated carbocycles. The number of carbonyl (C=O) groups excluding carboxylic acids is 1. The summed E-state index contributed by atoms with van der Waals surface area (Å²) in [6.45, 7) is 2.17. The number of benzene rings is 1. The molecule has 1 aromatic heterocycles. The van der Waals surface area contributed by atoms with E-state index in [2.05, 4.69) is 22.2 Å². The van der Waals surface area contributed by atoms with Crippen LogP contribution >= 0.6 is 0 Å². The number of aryl methyl sites for hydroxylation is 1. The summed E-state index contributed by atoms with van der Waals surface area (Å²) < 4.78 is 0. The van der Waals surface area contributed by atoms with Gasteiger partial charge in [-0.05, 0) is 37.5 Å². The molecule has 0 unspecified atom stereocenters. The number of carbonyl (C=O) groups is 1. The van der Waals surface area contributed by atoms with Crippen molar-refractivity contribution in [1.82, 2.24) is 9.97 Å². The number of anilines is 1. The van der Waals surface area contributed by atoms with E-state index >= 15 is 0 Å². The Balaban J connectivity index is 1.75. The topological polar surface area (TPSA) is 83.8 Å². The molecule has 1 aliphatic carbocycles. The highest BCUT2D eigenvalue weighted by Crippen LogP contribution is 2.28. The number of aromatic amines is 1. The number of H-pyrrole nitrogens is 1. The van der Waals surface area contributed by atoms with E-state index in [1.165, 1.54) is 0 Å². The maximum atomic E-state index is 12.4. The third kappa shape index (κ3) is 2.99. The molecule has 5 nitrogen and oxygen atoms in total. The number of fused-ring (bicyclic) bond motifs is 1. The zero-order valence-corrected chi connectivity index (χ0v) is 13.1. The first kappa shape index (κ1) is 15.0. The van der Waals surface area contributed by atoms with Gasteiger partial charge in [-0.1, -0.05) is 26.2 Å². The predicted molar refractivity (Wildman–Crippen MR) is 88.7 cm³/mol. The van der Waals surface area contributed by atoms with Crippen LogP contribution in [0.15, 0.2) is 18.2 Å². The van der Waals surface area contributed by atoms with Crippen molar-refractivity contribution in [2.75, 3.05) is 5.32 Å². The van der Waals surface area contributed by atoms with Crippen LogP contribution in [0.2, 0.25) is 0 Å². The number of nitrogens with zero attached hydrogens (tertiary/aromatic N) is 1. The van der Waals surface area contributed by atoms with E-state index in [4.69, 9.17) is 5.73 Å². The summed E-state index contributed by atoms with van der Waals surface area (Å²) in [7, 11) is 0. The number of aromatic nitrogens is 2. The number of unbranched alkanes of at least 4 members (excludes halogenated alkanes) is 1. The normalized spacial score (nSPS) is 17.0. The standard InChI is InChI=1S/C17H24N4O/c1-2-3-6-15-20-13-8-7-12(11-14(13)21-15)19-16(22)17(18)9-4-5-10-17/h7-8,11H,2-6,9-10,18H2,1H3,(H,19,22)(H,20,21). The van der Waals surface area contributed by atoms with E-state index in [9.17, 15) is 4.79 Å². The monoisotopic (exact) mass is 300 g/mol. The average molecular weight is 300 g/mol. The molecule has 0 aliphatic heterocycles. The Kier molecular flexibility index (Phi) is 4.16. The lowest BCUT2D eigenvalue weighted by molar-refractivity contribution is -0.121. The smallest absolute Gasteiger partial charge is 0.244 e. The van der Waals surface area contributed by atoms with Crippen LogP contribution in [-0.2, 0) is 11.2 Å². The molecule has 22 heavy (non-hydrogen) atoms. The third-order valence-electron chi connectivity index (χ3n) is 4.50. The maximum Gasteiger partial charge on any atom is 0.244 e. The van der Waals surface area contributed by atoms with Crippen LogP contribution in [0.3, 0.4) is 0 Å². The molecular formula is C17H24N4O. The highest BCUT2D eigenvalue weighted by molar-refractivity contribution is 5.99. The summed E-state index contributed by atoms with van der Waals surface area (Å²) in [5.74, 6) is 0.932. The zero-order valence-electron chi connectivity index (χ0n) is 13.1. The van der Waals surface area contributed by atoms with E-state index < -0.39 is 5.54 Å². The van der Waals surface area contributed by atoms with Crippen molar-refractivity contribution >= 4 is 22.6 Å². The fraction of sp³-hybridized carbons (Fsp3) is 0.529. The van der Waals surface area contributed by atoms with E-state index in [0.717, 1.165) is 67.5 Å². The fourth-order valence-corrected chi connectivity index (χ4v) is 3.09. The van der Waals surface area contributed by atoms with Crippen LogP contribution < -0.4 is 11.1 Å². The van der Waals surface area contributed by atoms with Crippen LogP contribution in [0.5, 0.6) is 0 Å². The number of rotatable bonds is 5. The Bertz CT molecular complexity index is 670. The number of hydrogen-bond acceptors (Lipinski definition) is 3. The summed E-state index contributed by atoms with van der Waals surface area (Å²) in [4.78, 5) is 20.3. The van der Waals surface area contributed by atoms with Crippen LogP contribution in [0.1, 0.15) is 51.3 Å². The second kappa shape index (κ2) is 6.08. The Morgan fingerprint density at radius 1 is 1.41 bits per heavy atom. The first-order valence-corrected chi connectivity index (χ1v) is 8.20. The lowest BCUT2D eigenvalue weighted by atomic mass is 9.98. The molecule has 0 radical (unpaired) electrons. The molecule has 0 atom stereocenters. The first-order valence-electron chi connectivity index (χ1n) is 8.20. The molecule has 3 rings (SSSR count). The van der Waals surface area contributed by atoms with Gasteiger partial charge in [0.25, 0.3) is 0 Å². The lowest BCUT2D eigenvalue weighted by Crippen LogP contribution is -2.48. The molecule has 0 spiro atoms. The van der Waals surface area contributed by atoms with Crippen LogP contribution in [-0.4, -0.2) is 21.4 Å². The minimum absolute atomic E-state index is 0.0740. The Morgan fingerprint density at radius 2 is 2.18 bits per heavy atom. The molecule has 0 bridgehead atoms. The SMILES string of the molecule is CCCCc1nc2ccc(NC(=O)C3(N)CCCC3)cc2[nH]1.